The highest BCUT2D eigenvalue weighted by Crippen LogP contribution is 2.32. The van der Waals surface area contributed by atoms with Gasteiger partial charge in [0.1, 0.15) is 5.75 Å². The maximum Gasteiger partial charge on any atom is 0.261 e. The van der Waals surface area contributed by atoms with Gasteiger partial charge in [-0.25, -0.2) is 0 Å². The van der Waals surface area contributed by atoms with E-state index >= 15 is 0 Å². The van der Waals surface area contributed by atoms with Crippen LogP contribution >= 0.6 is 0 Å². The number of fused-ring (bicyclic) bond motifs is 1. The minimum atomic E-state index is -0.422. The molecule has 1 aliphatic carbocycles. The van der Waals surface area contributed by atoms with Gasteiger partial charge >= 0.3 is 0 Å². The van der Waals surface area contributed by atoms with E-state index in [1.54, 1.807) is 0 Å². The molecule has 0 bridgehead atoms. The van der Waals surface area contributed by atoms with Gasteiger partial charge in [0.15, 0.2) is 11.9 Å². The monoisotopic (exact) mass is 341 g/mol. The average Bonchev–Trinajstić information content (AvgIpc) is 3.32. The summed E-state index contributed by atoms with van der Waals surface area (Å²) in [6, 6.07) is 7.88. The van der Waals surface area contributed by atoms with Crippen molar-refractivity contribution in [1.82, 2.24) is 15.5 Å². The molecule has 2 aliphatic rings. The van der Waals surface area contributed by atoms with Crippen molar-refractivity contribution in [2.75, 3.05) is 6.54 Å². The van der Waals surface area contributed by atoms with Crippen LogP contribution in [-0.4, -0.2) is 28.7 Å². The van der Waals surface area contributed by atoms with Crippen LogP contribution in [-0.2, 0) is 17.6 Å². The number of nitrogens with one attached hydrogen (secondary N) is 1. The van der Waals surface area contributed by atoms with E-state index in [-0.39, 0.29) is 5.91 Å². The summed E-state index contributed by atoms with van der Waals surface area (Å²) in [4.78, 5) is 16.8. The number of rotatable bonds is 5. The molecule has 0 spiro atoms. The molecule has 2 aromatic rings. The van der Waals surface area contributed by atoms with Gasteiger partial charge in [0.25, 0.3) is 5.91 Å². The number of aryl methyl sites for hydroxylation is 1. The maximum absolute atomic E-state index is 12.3. The van der Waals surface area contributed by atoms with Crippen molar-refractivity contribution in [2.45, 2.75) is 57.0 Å². The fourth-order valence-corrected chi connectivity index (χ4v) is 3.63. The van der Waals surface area contributed by atoms with E-state index in [4.69, 9.17) is 9.26 Å². The molecule has 4 rings (SSSR count). The Morgan fingerprint density at radius 2 is 2.04 bits per heavy atom. The van der Waals surface area contributed by atoms with Crippen LogP contribution in [0.2, 0.25) is 0 Å². The Balaban J connectivity index is 1.25. The molecule has 1 saturated carbocycles. The number of hydrogen-bond donors (Lipinski definition) is 1. The fraction of sp³-hybridized carbons (Fsp3) is 0.526. The van der Waals surface area contributed by atoms with Gasteiger partial charge in [-0.15, -0.1) is 0 Å². The number of amides is 1. The van der Waals surface area contributed by atoms with Crippen LogP contribution in [0.3, 0.4) is 0 Å². The zero-order valence-electron chi connectivity index (χ0n) is 14.2. The normalized spacial score (nSPS) is 20.1. The molecule has 0 saturated heterocycles. The van der Waals surface area contributed by atoms with Crippen molar-refractivity contribution in [1.29, 1.82) is 0 Å². The van der Waals surface area contributed by atoms with Crippen LogP contribution in [0.1, 0.15) is 55.3 Å². The van der Waals surface area contributed by atoms with E-state index in [1.807, 2.05) is 24.3 Å². The Bertz CT molecular complexity index is 737. The van der Waals surface area contributed by atoms with Gasteiger partial charge in [0, 0.05) is 18.9 Å². The van der Waals surface area contributed by atoms with Crippen LogP contribution in [0.25, 0.3) is 0 Å². The summed E-state index contributed by atoms with van der Waals surface area (Å²) < 4.78 is 11.2. The van der Waals surface area contributed by atoms with Crippen molar-refractivity contribution in [3.8, 4) is 5.75 Å². The smallest absolute Gasteiger partial charge is 0.261 e. The van der Waals surface area contributed by atoms with Gasteiger partial charge in [-0.2, -0.15) is 4.98 Å². The molecule has 1 N–H and O–H groups in total. The molecular formula is C19H23N3O3. The lowest BCUT2D eigenvalue weighted by Crippen LogP contribution is -2.41. The third-order valence-corrected chi connectivity index (χ3v) is 5.05. The minimum Gasteiger partial charge on any atom is -0.480 e. The largest absolute Gasteiger partial charge is 0.480 e. The van der Waals surface area contributed by atoms with E-state index < -0.39 is 6.10 Å². The zero-order chi connectivity index (χ0) is 17.1. The van der Waals surface area contributed by atoms with Gasteiger partial charge in [0.2, 0.25) is 5.89 Å². The second-order valence-corrected chi connectivity index (χ2v) is 6.82. The van der Waals surface area contributed by atoms with E-state index in [1.165, 1.54) is 12.8 Å². The number of ether oxygens (including phenoxy) is 1. The van der Waals surface area contributed by atoms with Crippen molar-refractivity contribution in [3.63, 3.8) is 0 Å². The molecule has 6 nitrogen and oxygen atoms in total. The molecule has 1 aromatic heterocycles. The summed E-state index contributed by atoms with van der Waals surface area (Å²) in [6.45, 7) is 0.490. The quantitative estimate of drug-likeness (QED) is 0.905. The molecule has 1 atom stereocenters. The first-order valence-corrected chi connectivity index (χ1v) is 9.14. The first kappa shape index (κ1) is 16.1. The van der Waals surface area contributed by atoms with Gasteiger partial charge < -0.3 is 14.6 Å². The van der Waals surface area contributed by atoms with Gasteiger partial charge in [-0.05, 0) is 37.3 Å². The van der Waals surface area contributed by atoms with Crippen molar-refractivity contribution in [3.05, 3.63) is 41.5 Å². The van der Waals surface area contributed by atoms with E-state index in [0.717, 1.165) is 36.5 Å². The van der Waals surface area contributed by atoms with Gasteiger partial charge in [0.05, 0.1) is 0 Å². The maximum atomic E-state index is 12.3. The second-order valence-electron chi connectivity index (χ2n) is 6.82. The van der Waals surface area contributed by atoms with Crippen molar-refractivity contribution < 1.29 is 14.1 Å². The molecule has 25 heavy (non-hydrogen) atoms. The molecule has 1 fully saturated rings. The highest BCUT2D eigenvalue weighted by Gasteiger charge is 2.26. The number of benzene rings is 1. The predicted octanol–water partition coefficient (Wildman–Crippen LogP) is 2.78. The second kappa shape index (κ2) is 7.25. The fourth-order valence-electron chi connectivity index (χ4n) is 3.63. The summed E-state index contributed by atoms with van der Waals surface area (Å²) in [6.07, 6.45) is 6.48. The lowest BCUT2D eigenvalue weighted by molar-refractivity contribution is -0.128. The molecule has 1 aromatic carbocycles. The SMILES string of the molecule is O=C(NCCc1noc(C2CCCC2)n1)[C@H]1CCc2ccccc2O1. The molecule has 2 heterocycles. The number of carbonyl (C=O) groups is 1. The van der Waals surface area contributed by atoms with Gasteiger partial charge in [-0.1, -0.05) is 36.2 Å². The van der Waals surface area contributed by atoms with E-state index in [0.29, 0.717) is 31.1 Å². The van der Waals surface area contributed by atoms with Crippen LogP contribution in [0.4, 0.5) is 0 Å². The predicted molar refractivity (Wildman–Crippen MR) is 91.4 cm³/mol. The lowest BCUT2D eigenvalue weighted by Gasteiger charge is -2.25. The van der Waals surface area contributed by atoms with E-state index in [2.05, 4.69) is 15.5 Å². The topological polar surface area (TPSA) is 77.3 Å². The first-order valence-electron chi connectivity index (χ1n) is 9.14. The highest BCUT2D eigenvalue weighted by atomic mass is 16.5. The third kappa shape index (κ3) is 3.67. The number of carbonyl (C=O) groups excluding carboxylic acids is 1. The molecule has 1 aliphatic heterocycles. The molecular weight excluding hydrogens is 318 g/mol. The highest BCUT2D eigenvalue weighted by molar-refractivity contribution is 5.81. The van der Waals surface area contributed by atoms with E-state index in [9.17, 15) is 4.79 Å². The van der Waals surface area contributed by atoms with Gasteiger partial charge in [-0.3, -0.25) is 4.79 Å². The number of hydrogen-bond acceptors (Lipinski definition) is 5. The molecule has 0 radical (unpaired) electrons. The Hall–Kier alpha value is -2.37. The summed E-state index contributed by atoms with van der Waals surface area (Å²) in [5, 5.41) is 6.96. The average molecular weight is 341 g/mol. The summed E-state index contributed by atoms with van der Waals surface area (Å²) in [7, 11) is 0. The Kier molecular flexibility index (Phi) is 4.68. The Labute approximate surface area is 147 Å². The van der Waals surface area contributed by atoms with Crippen LogP contribution in [0.5, 0.6) is 5.75 Å². The third-order valence-electron chi connectivity index (χ3n) is 5.05. The van der Waals surface area contributed by atoms with Crippen molar-refractivity contribution in [2.24, 2.45) is 0 Å². The zero-order valence-corrected chi connectivity index (χ0v) is 14.2. The van der Waals surface area contributed by atoms with Crippen LogP contribution < -0.4 is 10.1 Å². The van der Waals surface area contributed by atoms with Crippen molar-refractivity contribution >= 4 is 5.91 Å². The number of nitrogens with zero attached hydrogens (tertiary/aromatic N) is 2. The lowest BCUT2D eigenvalue weighted by atomic mass is 10.0. The molecule has 132 valence electrons. The number of aromatic nitrogens is 2. The Morgan fingerprint density at radius 1 is 1.20 bits per heavy atom. The summed E-state index contributed by atoms with van der Waals surface area (Å²) >= 11 is 0. The number of para-hydroxylation sites is 1. The molecule has 0 unspecified atom stereocenters. The van der Waals surface area contributed by atoms with Crippen LogP contribution in [0, 0.1) is 0 Å². The van der Waals surface area contributed by atoms with Crippen LogP contribution in [0.15, 0.2) is 28.8 Å². The Morgan fingerprint density at radius 3 is 2.92 bits per heavy atom. The summed E-state index contributed by atoms with van der Waals surface area (Å²) in [5.41, 5.74) is 1.16. The molecule has 1 amide bonds. The molecule has 6 heteroatoms. The minimum absolute atomic E-state index is 0.0750. The summed E-state index contributed by atoms with van der Waals surface area (Å²) in [5.74, 6) is 2.58. The standard InChI is InChI=1S/C19H23N3O3/c23-18(16-10-9-13-5-3-4-8-15(13)24-16)20-12-11-17-21-19(25-22-17)14-6-1-2-7-14/h3-5,8,14,16H,1-2,6-7,9-12H2,(H,20,23)/t16-/m1/s1. The first-order chi connectivity index (χ1) is 12.3.